The van der Waals surface area contributed by atoms with Gasteiger partial charge < -0.3 is 30.5 Å². The molecule has 0 aliphatic heterocycles. The molecule has 42 heavy (non-hydrogen) atoms. The average molecular weight is 653 g/mol. The molecule has 9 nitrogen and oxygen atoms in total. The summed E-state index contributed by atoms with van der Waals surface area (Å²) in [6.07, 6.45) is 0.576. The summed E-state index contributed by atoms with van der Waals surface area (Å²) in [7, 11) is 0. The number of hydrogen-bond acceptors (Lipinski definition) is 6. The van der Waals surface area contributed by atoms with Crippen LogP contribution in [0.2, 0.25) is 0 Å². The van der Waals surface area contributed by atoms with E-state index in [1.807, 2.05) is 31.2 Å². The van der Waals surface area contributed by atoms with E-state index in [1.165, 1.54) is 17.0 Å². The van der Waals surface area contributed by atoms with Crippen molar-refractivity contribution in [3.8, 4) is 5.75 Å². The quantitative estimate of drug-likeness (QED) is 0.165. The molecule has 4 N–H and O–H groups in total. The Kier molecular flexibility index (Phi) is 14.2. The number of nitrogens with zero attached hydrogens (tertiary/aromatic N) is 1. The van der Waals surface area contributed by atoms with Gasteiger partial charge in [0.2, 0.25) is 11.8 Å². The normalized spacial score (nSPS) is 12.7. The van der Waals surface area contributed by atoms with Gasteiger partial charge in [-0.05, 0) is 75.3 Å². The Balaban J connectivity index is 2.26. The van der Waals surface area contributed by atoms with Gasteiger partial charge in [0.05, 0.1) is 25.2 Å². The van der Waals surface area contributed by atoms with Crippen LogP contribution < -0.4 is 10.6 Å². The van der Waals surface area contributed by atoms with E-state index in [0.29, 0.717) is 12.0 Å². The SMILES string of the molecule is CCc1cccc(CN(CC(O)C(Cc2cc(O)cc(F)c2)NC(=O)CNC(=O)CCCCBr)C(=O)OC(C)(C)C)c1. The minimum atomic E-state index is -1.31. The first kappa shape index (κ1) is 35.0. The molecule has 0 fully saturated rings. The van der Waals surface area contributed by atoms with Crippen LogP contribution in [-0.2, 0) is 33.7 Å². The molecule has 2 rings (SSSR count). The summed E-state index contributed by atoms with van der Waals surface area (Å²) < 4.78 is 19.6. The summed E-state index contributed by atoms with van der Waals surface area (Å²) in [6, 6.07) is 10.2. The van der Waals surface area contributed by atoms with Gasteiger partial charge in [0.25, 0.3) is 0 Å². The van der Waals surface area contributed by atoms with Crippen molar-refractivity contribution in [2.45, 2.75) is 84.1 Å². The van der Waals surface area contributed by atoms with Gasteiger partial charge in [-0.3, -0.25) is 9.59 Å². The number of carbonyl (C=O) groups is 3. The largest absolute Gasteiger partial charge is 0.508 e. The molecule has 0 radical (unpaired) electrons. The van der Waals surface area contributed by atoms with E-state index in [0.717, 1.165) is 35.4 Å². The second-order valence-corrected chi connectivity index (χ2v) is 12.0. The van der Waals surface area contributed by atoms with E-state index in [9.17, 15) is 29.0 Å². The molecule has 2 aromatic rings. The Labute approximate surface area is 256 Å². The van der Waals surface area contributed by atoms with Crippen LogP contribution in [0.15, 0.2) is 42.5 Å². The van der Waals surface area contributed by atoms with Crippen LogP contribution in [-0.4, -0.2) is 69.2 Å². The van der Waals surface area contributed by atoms with E-state index < -0.39 is 35.6 Å². The van der Waals surface area contributed by atoms with Crippen LogP contribution in [0.4, 0.5) is 9.18 Å². The molecule has 0 saturated carbocycles. The molecule has 11 heteroatoms. The van der Waals surface area contributed by atoms with Crippen LogP contribution in [0.25, 0.3) is 0 Å². The predicted molar refractivity (Wildman–Crippen MR) is 163 cm³/mol. The number of benzene rings is 2. The molecule has 0 spiro atoms. The minimum Gasteiger partial charge on any atom is -0.508 e. The number of aryl methyl sites for hydroxylation is 1. The van der Waals surface area contributed by atoms with Crippen molar-refractivity contribution in [1.82, 2.24) is 15.5 Å². The summed E-state index contributed by atoms with van der Waals surface area (Å²) in [4.78, 5) is 39.5. The van der Waals surface area contributed by atoms with Gasteiger partial charge in [0.15, 0.2) is 0 Å². The van der Waals surface area contributed by atoms with Crippen molar-refractivity contribution >= 4 is 33.8 Å². The monoisotopic (exact) mass is 651 g/mol. The highest BCUT2D eigenvalue weighted by Crippen LogP contribution is 2.19. The number of nitrogens with one attached hydrogen (secondary N) is 2. The third-order valence-corrected chi connectivity index (χ3v) is 6.84. The van der Waals surface area contributed by atoms with Crippen molar-refractivity contribution in [2.75, 3.05) is 18.4 Å². The van der Waals surface area contributed by atoms with E-state index in [4.69, 9.17) is 4.74 Å². The molecule has 0 aliphatic rings. The zero-order valence-corrected chi connectivity index (χ0v) is 26.4. The number of aliphatic hydroxyl groups is 1. The van der Waals surface area contributed by atoms with Crippen molar-refractivity contribution in [2.24, 2.45) is 0 Å². The fourth-order valence-corrected chi connectivity index (χ4v) is 4.64. The summed E-state index contributed by atoms with van der Waals surface area (Å²) >= 11 is 3.31. The van der Waals surface area contributed by atoms with E-state index in [2.05, 4.69) is 26.6 Å². The fraction of sp³-hybridized carbons (Fsp3) is 0.516. The molecular formula is C31H43BrFN3O6. The van der Waals surface area contributed by atoms with Gasteiger partial charge >= 0.3 is 6.09 Å². The van der Waals surface area contributed by atoms with Gasteiger partial charge in [0.1, 0.15) is 17.2 Å². The second-order valence-electron chi connectivity index (χ2n) is 11.2. The van der Waals surface area contributed by atoms with Crippen molar-refractivity contribution in [1.29, 1.82) is 0 Å². The number of halogens is 2. The summed E-state index contributed by atoms with van der Waals surface area (Å²) in [5.74, 6) is -1.81. The van der Waals surface area contributed by atoms with Gasteiger partial charge in [-0.25, -0.2) is 9.18 Å². The van der Waals surface area contributed by atoms with Crippen LogP contribution in [0.3, 0.4) is 0 Å². The second kappa shape index (κ2) is 17.1. The minimum absolute atomic E-state index is 0.0507. The number of amides is 3. The average Bonchev–Trinajstić information content (AvgIpc) is 2.90. The van der Waals surface area contributed by atoms with Crippen LogP contribution in [0.5, 0.6) is 5.75 Å². The van der Waals surface area contributed by atoms with Gasteiger partial charge in [-0.2, -0.15) is 0 Å². The number of rotatable bonds is 15. The highest BCUT2D eigenvalue weighted by molar-refractivity contribution is 9.09. The third-order valence-electron chi connectivity index (χ3n) is 6.27. The maximum atomic E-state index is 14.0. The molecule has 0 aliphatic carbocycles. The number of hydrogen-bond donors (Lipinski definition) is 4. The standard InChI is InChI=1S/C31H43BrFN3O6/c1-5-21-9-8-10-22(13-21)19-36(30(41)42-31(2,3)4)20-27(38)26(16-23-14-24(33)17-25(37)15-23)35-29(40)18-34-28(39)11-6-7-12-32/h8-10,13-15,17,26-27,37-38H,5-7,11-12,16,18-20H2,1-4H3,(H,34,39)(H,35,40). The first-order chi connectivity index (χ1) is 19.8. The first-order valence-corrected chi connectivity index (χ1v) is 15.3. The molecule has 3 amide bonds. The summed E-state index contributed by atoms with van der Waals surface area (Å²) in [5, 5.41) is 27.3. The smallest absolute Gasteiger partial charge is 0.410 e. The molecule has 0 bridgehead atoms. The lowest BCUT2D eigenvalue weighted by Gasteiger charge is -2.32. The number of aromatic hydroxyl groups is 1. The molecule has 0 heterocycles. The highest BCUT2D eigenvalue weighted by Gasteiger charge is 2.29. The fourth-order valence-electron chi connectivity index (χ4n) is 4.24. The molecule has 0 saturated heterocycles. The number of alkyl halides is 1. The lowest BCUT2D eigenvalue weighted by molar-refractivity contribution is -0.127. The maximum Gasteiger partial charge on any atom is 0.410 e. The topological polar surface area (TPSA) is 128 Å². The number of aliphatic hydroxyl groups excluding tert-OH is 1. The first-order valence-electron chi connectivity index (χ1n) is 14.1. The van der Waals surface area contributed by atoms with E-state index in [1.54, 1.807) is 20.8 Å². The Morgan fingerprint density at radius 1 is 1.05 bits per heavy atom. The Morgan fingerprint density at radius 2 is 1.76 bits per heavy atom. The number of phenolic OH excluding ortho intramolecular Hbond substituents is 1. The molecule has 2 unspecified atom stereocenters. The number of carbonyl (C=O) groups excluding carboxylic acids is 3. The van der Waals surface area contributed by atoms with E-state index >= 15 is 0 Å². The number of ether oxygens (including phenoxy) is 1. The lowest BCUT2D eigenvalue weighted by Crippen LogP contribution is -2.52. The van der Waals surface area contributed by atoms with Gasteiger partial charge in [-0.1, -0.05) is 47.1 Å². The van der Waals surface area contributed by atoms with Gasteiger partial charge in [-0.15, -0.1) is 0 Å². The number of phenols is 1. The Hall–Kier alpha value is -3.18. The zero-order chi connectivity index (χ0) is 31.3. The van der Waals surface area contributed by atoms with Crippen molar-refractivity contribution in [3.05, 3.63) is 65.0 Å². The highest BCUT2D eigenvalue weighted by atomic mass is 79.9. The molecule has 232 valence electrons. The van der Waals surface area contributed by atoms with E-state index in [-0.39, 0.29) is 44.1 Å². The van der Waals surface area contributed by atoms with Gasteiger partial charge in [0, 0.05) is 24.4 Å². The predicted octanol–water partition coefficient (Wildman–Crippen LogP) is 4.60. The number of unbranched alkanes of at least 4 members (excludes halogenated alkanes) is 1. The lowest BCUT2D eigenvalue weighted by atomic mass is 10.00. The third kappa shape index (κ3) is 13.2. The maximum absolute atomic E-state index is 14.0. The molecular weight excluding hydrogens is 609 g/mol. The Bertz CT molecular complexity index is 1170. The van der Waals surface area contributed by atoms with Crippen LogP contribution in [0, 0.1) is 5.82 Å². The molecule has 2 aromatic carbocycles. The van der Waals surface area contributed by atoms with Crippen LogP contribution >= 0.6 is 15.9 Å². The van der Waals surface area contributed by atoms with Crippen molar-refractivity contribution < 1.29 is 33.7 Å². The van der Waals surface area contributed by atoms with Crippen molar-refractivity contribution in [3.63, 3.8) is 0 Å². The van der Waals surface area contributed by atoms with Crippen LogP contribution in [0.1, 0.15) is 63.6 Å². The zero-order valence-electron chi connectivity index (χ0n) is 24.8. The Morgan fingerprint density at radius 3 is 2.40 bits per heavy atom. The summed E-state index contributed by atoms with van der Waals surface area (Å²) in [5.41, 5.74) is 1.47. The summed E-state index contributed by atoms with van der Waals surface area (Å²) in [6.45, 7) is 6.87. The molecule has 0 aromatic heterocycles. The molecule has 2 atom stereocenters.